The number of amides is 1. The minimum absolute atomic E-state index is 0.0576. The van der Waals surface area contributed by atoms with Crippen LogP contribution < -0.4 is 14.4 Å². The molecule has 0 aromatic heterocycles. The molecule has 1 unspecified atom stereocenters. The third-order valence-corrected chi connectivity index (χ3v) is 6.32. The summed E-state index contributed by atoms with van der Waals surface area (Å²) in [6, 6.07) is 13.2. The number of para-hydroxylation sites is 2. The highest BCUT2D eigenvalue weighted by molar-refractivity contribution is 7.92. The topological polar surface area (TPSA) is 75.7 Å². The first-order chi connectivity index (χ1) is 14.7. The average Bonchev–Trinajstić information content (AvgIpc) is 2.70. The fraction of sp³-hybridized carbons (Fsp3) is 0.458. The van der Waals surface area contributed by atoms with Gasteiger partial charge in [-0.25, -0.2) is 8.42 Å². The van der Waals surface area contributed by atoms with Gasteiger partial charge in [-0.15, -0.1) is 0 Å². The Bertz CT molecular complexity index is 989. The van der Waals surface area contributed by atoms with Crippen molar-refractivity contribution >= 4 is 21.6 Å². The van der Waals surface area contributed by atoms with Crippen molar-refractivity contribution in [1.82, 2.24) is 5.32 Å². The van der Waals surface area contributed by atoms with Crippen molar-refractivity contribution in [3.8, 4) is 5.75 Å². The van der Waals surface area contributed by atoms with E-state index in [0.29, 0.717) is 24.5 Å². The molecule has 0 saturated heterocycles. The van der Waals surface area contributed by atoms with Gasteiger partial charge in [0.1, 0.15) is 5.75 Å². The summed E-state index contributed by atoms with van der Waals surface area (Å²) in [5.74, 6) is 0.430. The Morgan fingerprint density at radius 3 is 2.45 bits per heavy atom. The van der Waals surface area contributed by atoms with Crippen molar-refractivity contribution in [2.75, 3.05) is 23.7 Å². The molecule has 1 atom stereocenters. The third kappa shape index (κ3) is 6.99. The fourth-order valence-electron chi connectivity index (χ4n) is 3.67. The Morgan fingerprint density at radius 1 is 1.13 bits per heavy atom. The second-order valence-electron chi connectivity index (χ2n) is 7.73. The lowest BCUT2D eigenvalue weighted by Gasteiger charge is -2.25. The van der Waals surface area contributed by atoms with Crippen LogP contribution in [0.1, 0.15) is 55.8 Å². The molecule has 170 valence electrons. The van der Waals surface area contributed by atoms with Crippen LogP contribution in [0.15, 0.2) is 42.5 Å². The van der Waals surface area contributed by atoms with Gasteiger partial charge in [0.25, 0.3) is 0 Å². The normalized spacial score (nSPS) is 12.3. The van der Waals surface area contributed by atoms with E-state index in [2.05, 4.69) is 30.4 Å². The summed E-state index contributed by atoms with van der Waals surface area (Å²) in [5, 5.41) is 3.10. The van der Waals surface area contributed by atoms with Gasteiger partial charge >= 0.3 is 0 Å². The van der Waals surface area contributed by atoms with Crippen LogP contribution >= 0.6 is 0 Å². The SMILES string of the molecule is CCOc1ccccc1N(CCCC(=O)NC(CC)c1ccc(C)cc1C)S(C)(=O)=O. The number of nitrogens with zero attached hydrogens (tertiary/aromatic N) is 1. The molecule has 31 heavy (non-hydrogen) atoms. The number of nitrogens with one attached hydrogen (secondary N) is 1. The van der Waals surface area contributed by atoms with Crippen LogP contribution in [-0.2, 0) is 14.8 Å². The quantitative estimate of drug-likeness (QED) is 0.551. The molecule has 0 fully saturated rings. The molecular weight excluding hydrogens is 412 g/mol. The minimum atomic E-state index is -3.52. The van der Waals surface area contributed by atoms with Crippen LogP contribution in [0.25, 0.3) is 0 Å². The van der Waals surface area contributed by atoms with E-state index in [1.165, 1.54) is 16.1 Å². The van der Waals surface area contributed by atoms with Gasteiger partial charge in [0.15, 0.2) is 0 Å². The second kappa shape index (κ2) is 11.2. The lowest BCUT2D eigenvalue weighted by molar-refractivity contribution is -0.121. The van der Waals surface area contributed by atoms with Gasteiger partial charge in [-0.1, -0.05) is 42.8 Å². The largest absolute Gasteiger partial charge is 0.492 e. The van der Waals surface area contributed by atoms with Crippen molar-refractivity contribution in [1.29, 1.82) is 0 Å². The van der Waals surface area contributed by atoms with Crippen LogP contribution in [0.4, 0.5) is 5.69 Å². The van der Waals surface area contributed by atoms with Crippen molar-refractivity contribution in [3.05, 3.63) is 59.2 Å². The predicted octanol–water partition coefficient (Wildman–Crippen LogP) is 4.52. The Hall–Kier alpha value is -2.54. The van der Waals surface area contributed by atoms with Crippen molar-refractivity contribution in [2.45, 2.75) is 53.0 Å². The number of hydrogen-bond acceptors (Lipinski definition) is 4. The van der Waals surface area contributed by atoms with E-state index in [4.69, 9.17) is 4.74 Å². The van der Waals surface area contributed by atoms with E-state index >= 15 is 0 Å². The molecule has 2 aromatic rings. The molecule has 0 aliphatic heterocycles. The van der Waals surface area contributed by atoms with Gasteiger partial charge in [0.05, 0.1) is 24.6 Å². The molecule has 6 nitrogen and oxygen atoms in total. The Kier molecular flexibility index (Phi) is 8.92. The van der Waals surface area contributed by atoms with E-state index in [1.807, 2.05) is 20.8 Å². The molecule has 1 amide bonds. The average molecular weight is 447 g/mol. The molecular formula is C24H34N2O4S. The number of benzene rings is 2. The summed E-state index contributed by atoms with van der Waals surface area (Å²) in [5.41, 5.74) is 3.96. The Balaban J connectivity index is 2.04. The minimum Gasteiger partial charge on any atom is -0.492 e. The van der Waals surface area contributed by atoms with Crippen LogP contribution in [0.2, 0.25) is 0 Å². The first-order valence-corrected chi connectivity index (χ1v) is 12.6. The number of hydrogen-bond donors (Lipinski definition) is 1. The van der Waals surface area contributed by atoms with Gasteiger partial charge in [-0.2, -0.15) is 0 Å². The maximum absolute atomic E-state index is 12.6. The predicted molar refractivity (Wildman–Crippen MR) is 126 cm³/mol. The van der Waals surface area contributed by atoms with Gasteiger partial charge in [-0.05, 0) is 56.9 Å². The first-order valence-electron chi connectivity index (χ1n) is 10.7. The molecule has 0 radical (unpaired) electrons. The van der Waals surface area contributed by atoms with Crippen LogP contribution in [0.5, 0.6) is 5.75 Å². The molecule has 0 aliphatic rings. The summed E-state index contributed by atoms with van der Waals surface area (Å²) in [4.78, 5) is 12.6. The van der Waals surface area contributed by atoms with Crippen LogP contribution in [-0.4, -0.2) is 33.7 Å². The van der Waals surface area contributed by atoms with Crippen molar-refractivity contribution in [3.63, 3.8) is 0 Å². The van der Waals surface area contributed by atoms with Gasteiger partial charge in [0, 0.05) is 13.0 Å². The van der Waals surface area contributed by atoms with Crippen LogP contribution in [0, 0.1) is 13.8 Å². The van der Waals surface area contributed by atoms with E-state index in [-0.39, 0.29) is 24.9 Å². The molecule has 0 heterocycles. The highest BCUT2D eigenvalue weighted by Gasteiger charge is 2.21. The highest BCUT2D eigenvalue weighted by atomic mass is 32.2. The summed E-state index contributed by atoms with van der Waals surface area (Å²) in [7, 11) is -3.52. The zero-order valence-electron chi connectivity index (χ0n) is 19.1. The van der Waals surface area contributed by atoms with Crippen molar-refractivity contribution < 1.29 is 17.9 Å². The Morgan fingerprint density at radius 2 is 1.84 bits per heavy atom. The van der Waals surface area contributed by atoms with Gasteiger partial charge in [-0.3, -0.25) is 9.10 Å². The maximum Gasteiger partial charge on any atom is 0.232 e. The molecule has 0 spiro atoms. The number of carbonyl (C=O) groups is 1. The summed E-state index contributed by atoms with van der Waals surface area (Å²) >= 11 is 0. The monoisotopic (exact) mass is 446 g/mol. The third-order valence-electron chi connectivity index (χ3n) is 5.14. The maximum atomic E-state index is 12.6. The molecule has 7 heteroatoms. The summed E-state index contributed by atoms with van der Waals surface area (Å²) in [6.45, 7) is 8.64. The number of aryl methyl sites for hydroxylation is 2. The summed E-state index contributed by atoms with van der Waals surface area (Å²) < 4.78 is 31.7. The lowest BCUT2D eigenvalue weighted by atomic mass is 9.97. The molecule has 0 aliphatic carbocycles. The van der Waals surface area contributed by atoms with E-state index in [9.17, 15) is 13.2 Å². The molecule has 0 saturated carbocycles. The Labute approximate surface area is 186 Å². The standard InChI is InChI=1S/C24H34N2O4S/c1-6-21(20-15-14-18(3)17-19(20)4)25-24(27)13-10-16-26(31(5,28)29)22-11-8-9-12-23(22)30-7-2/h8-9,11-12,14-15,17,21H,6-7,10,13,16H2,1-5H3,(H,25,27). The van der Waals surface area contributed by atoms with E-state index < -0.39 is 10.0 Å². The van der Waals surface area contributed by atoms with Crippen molar-refractivity contribution in [2.24, 2.45) is 0 Å². The smallest absolute Gasteiger partial charge is 0.232 e. The molecule has 2 rings (SSSR count). The van der Waals surface area contributed by atoms with Crippen LogP contribution in [0.3, 0.4) is 0 Å². The first kappa shape index (κ1) is 24.7. The van der Waals surface area contributed by atoms with Gasteiger partial charge in [0.2, 0.25) is 15.9 Å². The number of carbonyl (C=O) groups excluding carboxylic acids is 1. The number of ether oxygens (including phenoxy) is 1. The highest BCUT2D eigenvalue weighted by Crippen LogP contribution is 2.30. The second-order valence-corrected chi connectivity index (χ2v) is 9.63. The molecule has 0 bridgehead atoms. The zero-order chi connectivity index (χ0) is 23.0. The number of anilines is 1. The van der Waals surface area contributed by atoms with Gasteiger partial charge < -0.3 is 10.1 Å². The molecule has 2 aromatic carbocycles. The lowest BCUT2D eigenvalue weighted by Crippen LogP contribution is -2.33. The summed E-state index contributed by atoms with van der Waals surface area (Å²) in [6.07, 6.45) is 2.60. The number of sulfonamides is 1. The van der Waals surface area contributed by atoms with E-state index in [1.54, 1.807) is 24.3 Å². The number of rotatable bonds is 11. The molecule has 1 N–H and O–H groups in total. The van der Waals surface area contributed by atoms with E-state index in [0.717, 1.165) is 17.5 Å². The fourth-order valence-corrected chi connectivity index (χ4v) is 4.64. The zero-order valence-corrected chi connectivity index (χ0v) is 20.0.